The highest BCUT2D eigenvalue weighted by Gasteiger charge is 2.01. The first-order valence-corrected chi connectivity index (χ1v) is 8.53. The van der Waals surface area contributed by atoms with Gasteiger partial charge in [-0.25, -0.2) is 4.99 Å². The van der Waals surface area contributed by atoms with E-state index < -0.39 is 0 Å². The molecule has 2 rings (SSSR count). The Kier molecular flexibility index (Phi) is 6.77. The molecule has 4 nitrogen and oxygen atoms in total. The summed E-state index contributed by atoms with van der Waals surface area (Å²) in [7, 11) is 2.10. The normalized spacial score (nSPS) is 11.3. The number of nitrogens with zero attached hydrogens (tertiary/aromatic N) is 2. The Balaban J connectivity index is 1.80. The van der Waals surface area contributed by atoms with Crippen LogP contribution in [-0.2, 0) is 6.54 Å². The predicted octanol–water partition coefficient (Wildman–Crippen LogP) is 2.94. The average molecular weight is 316 g/mol. The quantitative estimate of drug-likeness (QED) is 0.609. The van der Waals surface area contributed by atoms with E-state index in [1.165, 1.54) is 11.3 Å². The number of nitrogens with one attached hydrogen (secondary N) is 2. The number of likely N-dealkylation sites (N-methyl/N-ethyl adjacent to an activating group) is 1. The Bertz CT molecular complexity index is 551. The summed E-state index contributed by atoms with van der Waals surface area (Å²) in [5, 5.41) is 10.9. The second kappa shape index (κ2) is 9.10. The minimum Gasteiger partial charge on any atom is -0.373 e. The van der Waals surface area contributed by atoms with Crippen molar-refractivity contribution < 1.29 is 0 Å². The highest BCUT2D eigenvalue weighted by Crippen LogP contribution is 2.09. The molecule has 0 saturated heterocycles. The van der Waals surface area contributed by atoms with Gasteiger partial charge in [0.1, 0.15) is 0 Å². The lowest BCUT2D eigenvalue weighted by Gasteiger charge is -2.20. The third kappa shape index (κ3) is 5.41. The molecule has 0 atom stereocenters. The molecule has 0 spiro atoms. The average Bonchev–Trinajstić information content (AvgIpc) is 3.06. The largest absolute Gasteiger partial charge is 0.373 e. The fraction of sp³-hybridized carbons (Fsp3) is 0.353. The molecule has 0 amide bonds. The van der Waals surface area contributed by atoms with E-state index in [1.807, 2.05) is 6.07 Å². The third-order valence-electron chi connectivity index (χ3n) is 3.28. The maximum atomic E-state index is 4.61. The van der Waals surface area contributed by atoms with Crippen molar-refractivity contribution in [2.45, 2.75) is 13.5 Å². The van der Waals surface area contributed by atoms with Crippen LogP contribution >= 0.6 is 11.3 Å². The van der Waals surface area contributed by atoms with Crippen molar-refractivity contribution in [2.75, 3.05) is 31.6 Å². The summed E-state index contributed by atoms with van der Waals surface area (Å²) in [4.78, 5) is 6.84. The molecule has 5 heteroatoms. The Morgan fingerprint density at radius 2 is 2.00 bits per heavy atom. The lowest BCUT2D eigenvalue weighted by molar-refractivity contribution is 0.781. The Labute approximate surface area is 136 Å². The molecule has 1 aromatic carbocycles. The van der Waals surface area contributed by atoms with Crippen LogP contribution in [0.15, 0.2) is 52.2 Å². The van der Waals surface area contributed by atoms with Gasteiger partial charge >= 0.3 is 0 Å². The van der Waals surface area contributed by atoms with Crippen molar-refractivity contribution in [3.8, 4) is 0 Å². The Morgan fingerprint density at radius 1 is 1.18 bits per heavy atom. The van der Waals surface area contributed by atoms with Crippen molar-refractivity contribution in [2.24, 2.45) is 4.99 Å². The van der Waals surface area contributed by atoms with Gasteiger partial charge in [0, 0.05) is 32.4 Å². The van der Waals surface area contributed by atoms with E-state index in [1.54, 1.807) is 11.3 Å². The van der Waals surface area contributed by atoms with Gasteiger partial charge < -0.3 is 15.5 Å². The minimum absolute atomic E-state index is 0.716. The molecular weight excluding hydrogens is 292 g/mol. The summed E-state index contributed by atoms with van der Waals surface area (Å²) in [6.07, 6.45) is 0. The molecular formula is C17H24N4S. The molecule has 0 saturated carbocycles. The van der Waals surface area contributed by atoms with Crippen LogP contribution in [0.5, 0.6) is 0 Å². The molecule has 0 radical (unpaired) electrons. The van der Waals surface area contributed by atoms with E-state index in [0.29, 0.717) is 6.54 Å². The van der Waals surface area contributed by atoms with Crippen LogP contribution in [0.2, 0.25) is 0 Å². The number of aliphatic imine (C=N–C) groups is 1. The SMILES string of the molecule is CCNC(=NCc1ccsc1)NCCN(C)c1ccccc1. The number of hydrogen-bond donors (Lipinski definition) is 2. The number of guanidine groups is 1. The fourth-order valence-corrected chi connectivity index (χ4v) is 2.71. The first kappa shape index (κ1) is 16.4. The first-order valence-electron chi connectivity index (χ1n) is 7.59. The van der Waals surface area contributed by atoms with E-state index in [2.05, 4.69) is 75.6 Å². The van der Waals surface area contributed by atoms with Gasteiger partial charge in [-0.1, -0.05) is 18.2 Å². The zero-order valence-corrected chi connectivity index (χ0v) is 14.1. The predicted molar refractivity (Wildman–Crippen MR) is 96.8 cm³/mol. The topological polar surface area (TPSA) is 39.7 Å². The van der Waals surface area contributed by atoms with E-state index in [4.69, 9.17) is 0 Å². The second-order valence-electron chi connectivity index (χ2n) is 5.01. The van der Waals surface area contributed by atoms with Gasteiger partial charge in [-0.15, -0.1) is 0 Å². The highest BCUT2D eigenvalue weighted by atomic mass is 32.1. The minimum atomic E-state index is 0.716. The molecule has 1 heterocycles. The number of hydrogen-bond acceptors (Lipinski definition) is 3. The van der Waals surface area contributed by atoms with Gasteiger partial charge in [-0.2, -0.15) is 11.3 Å². The summed E-state index contributed by atoms with van der Waals surface area (Å²) < 4.78 is 0. The highest BCUT2D eigenvalue weighted by molar-refractivity contribution is 7.07. The van der Waals surface area contributed by atoms with Crippen molar-refractivity contribution in [1.29, 1.82) is 0 Å². The summed E-state index contributed by atoms with van der Waals surface area (Å²) >= 11 is 1.71. The number of anilines is 1. The molecule has 2 aromatic rings. The van der Waals surface area contributed by atoms with Crippen molar-refractivity contribution in [3.63, 3.8) is 0 Å². The number of benzene rings is 1. The molecule has 2 N–H and O–H groups in total. The molecule has 0 aliphatic heterocycles. The standard InChI is InChI=1S/C17H24N4S/c1-3-18-17(20-13-15-9-12-22-14-15)19-10-11-21(2)16-7-5-4-6-8-16/h4-9,12,14H,3,10-11,13H2,1-2H3,(H2,18,19,20). The summed E-state index contributed by atoms with van der Waals surface area (Å²) in [5.74, 6) is 0.871. The van der Waals surface area contributed by atoms with Crippen LogP contribution < -0.4 is 15.5 Å². The monoisotopic (exact) mass is 316 g/mol. The van der Waals surface area contributed by atoms with Crippen molar-refractivity contribution in [3.05, 3.63) is 52.7 Å². The van der Waals surface area contributed by atoms with Gasteiger partial charge in [0.25, 0.3) is 0 Å². The lowest BCUT2D eigenvalue weighted by atomic mass is 10.3. The molecule has 0 bridgehead atoms. The Morgan fingerprint density at radius 3 is 2.68 bits per heavy atom. The molecule has 22 heavy (non-hydrogen) atoms. The molecule has 118 valence electrons. The van der Waals surface area contributed by atoms with Gasteiger partial charge in [0.05, 0.1) is 6.54 Å². The van der Waals surface area contributed by atoms with Crippen LogP contribution in [0.1, 0.15) is 12.5 Å². The Hall–Kier alpha value is -2.01. The van der Waals surface area contributed by atoms with Gasteiger partial charge in [0.15, 0.2) is 5.96 Å². The molecule has 0 aliphatic rings. The van der Waals surface area contributed by atoms with Gasteiger partial charge in [-0.05, 0) is 41.4 Å². The summed E-state index contributed by atoms with van der Waals surface area (Å²) in [6.45, 7) is 5.43. The number of thiophene rings is 1. The van der Waals surface area contributed by atoms with E-state index >= 15 is 0 Å². The van der Waals surface area contributed by atoms with Gasteiger partial charge in [-0.3, -0.25) is 0 Å². The van der Waals surface area contributed by atoms with Crippen molar-refractivity contribution >= 4 is 23.0 Å². The summed E-state index contributed by atoms with van der Waals surface area (Å²) in [5.41, 5.74) is 2.48. The smallest absolute Gasteiger partial charge is 0.191 e. The van der Waals surface area contributed by atoms with Crippen LogP contribution in [0, 0.1) is 0 Å². The van der Waals surface area contributed by atoms with Crippen LogP contribution in [-0.4, -0.2) is 32.6 Å². The third-order valence-corrected chi connectivity index (χ3v) is 4.01. The fourth-order valence-electron chi connectivity index (χ4n) is 2.05. The molecule has 0 aliphatic carbocycles. The van der Waals surface area contributed by atoms with Crippen molar-refractivity contribution in [1.82, 2.24) is 10.6 Å². The lowest BCUT2D eigenvalue weighted by Crippen LogP contribution is -2.41. The first-order chi connectivity index (χ1) is 10.8. The molecule has 1 aromatic heterocycles. The number of rotatable bonds is 7. The molecule has 0 unspecified atom stereocenters. The van der Waals surface area contributed by atoms with Crippen LogP contribution in [0.4, 0.5) is 5.69 Å². The number of para-hydroxylation sites is 1. The molecule has 0 fully saturated rings. The van der Waals surface area contributed by atoms with Crippen LogP contribution in [0.25, 0.3) is 0 Å². The second-order valence-corrected chi connectivity index (χ2v) is 5.79. The summed E-state index contributed by atoms with van der Waals surface area (Å²) in [6, 6.07) is 12.5. The van der Waals surface area contributed by atoms with E-state index in [-0.39, 0.29) is 0 Å². The van der Waals surface area contributed by atoms with E-state index in [9.17, 15) is 0 Å². The maximum Gasteiger partial charge on any atom is 0.191 e. The van der Waals surface area contributed by atoms with Crippen LogP contribution in [0.3, 0.4) is 0 Å². The zero-order chi connectivity index (χ0) is 15.6. The van der Waals surface area contributed by atoms with E-state index in [0.717, 1.165) is 25.6 Å². The maximum absolute atomic E-state index is 4.61. The van der Waals surface area contributed by atoms with Gasteiger partial charge in [0.2, 0.25) is 0 Å². The zero-order valence-electron chi connectivity index (χ0n) is 13.2.